The molecule has 21 heavy (non-hydrogen) atoms. The number of H-pyrrole nitrogens is 1. The number of piperazine rings is 1. The molecule has 0 aromatic carbocycles. The van der Waals surface area contributed by atoms with Gasteiger partial charge in [0.1, 0.15) is 6.54 Å². The smallest absolute Gasteiger partial charge is 0.328 e. The second-order valence-electron chi connectivity index (χ2n) is 5.81. The van der Waals surface area contributed by atoms with E-state index in [0.29, 0.717) is 19.0 Å². The lowest BCUT2D eigenvalue weighted by molar-refractivity contribution is -0.133. The van der Waals surface area contributed by atoms with Crippen molar-refractivity contribution in [3.63, 3.8) is 0 Å². The van der Waals surface area contributed by atoms with E-state index in [2.05, 4.69) is 23.7 Å². The zero-order valence-electron chi connectivity index (χ0n) is 12.5. The van der Waals surface area contributed by atoms with Crippen LogP contribution in [0.25, 0.3) is 0 Å². The molecule has 2 heterocycles. The summed E-state index contributed by atoms with van der Waals surface area (Å²) in [5, 5.41) is 0. The van der Waals surface area contributed by atoms with Crippen molar-refractivity contribution in [2.75, 3.05) is 32.7 Å². The van der Waals surface area contributed by atoms with Crippen LogP contribution in [-0.2, 0) is 11.3 Å². The molecule has 1 amide bonds. The summed E-state index contributed by atoms with van der Waals surface area (Å²) in [5.41, 5.74) is -1.000. The third-order valence-corrected chi connectivity index (χ3v) is 3.55. The predicted octanol–water partition coefficient (Wildman–Crippen LogP) is -0.663. The third-order valence-electron chi connectivity index (χ3n) is 3.55. The maximum absolute atomic E-state index is 12.2. The number of rotatable bonds is 4. The Morgan fingerprint density at radius 3 is 2.48 bits per heavy atom. The first-order chi connectivity index (χ1) is 9.95. The first kappa shape index (κ1) is 15.5. The number of aromatic nitrogens is 2. The second kappa shape index (κ2) is 6.71. The Bertz CT molecular complexity index is 597. The maximum Gasteiger partial charge on any atom is 0.328 e. The molecule has 0 radical (unpaired) electrons. The number of nitrogens with zero attached hydrogens (tertiary/aromatic N) is 3. The van der Waals surface area contributed by atoms with Gasteiger partial charge in [0, 0.05) is 45.0 Å². The number of aromatic amines is 1. The zero-order chi connectivity index (χ0) is 15.4. The Labute approximate surface area is 123 Å². The molecule has 1 aliphatic heterocycles. The SMILES string of the molecule is CC(C)CN1CCN(C(=O)Cn2ccc(=O)[nH]c2=O)CC1. The fraction of sp³-hybridized carbons (Fsp3) is 0.643. The molecule has 7 nitrogen and oxygen atoms in total. The molecule has 1 aromatic heterocycles. The molecule has 0 aliphatic carbocycles. The van der Waals surface area contributed by atoms with Crippen LogP contribution < -0.4 is 11.2 Å². The minimum Gasteiger partial charge on any atom is -0.339 e. The van der Waals surface area contributed by atoms with Gasteiger partial charge in [-0.2, -0.15) is 0 Å². The van der Waals surface area contributed by atoms with Crippen LogP contribution in [0.1, 0.15) is 13.8 Å². The topological polar surface area (TPSA) is 78.4 Å². The van der Waals surface area contributed by atoms with E-state index in [9.17, 15) is 14.4 Å². The van der Waals surface area contributed by atoms with Crippen LogP contribution in [0, 0.1) is 5.92 Å². The second-order valence-corrected chi connectivity index (χ2v) is 5.81. The monoisotopic (exact) mass is 294 g/mol. The molecule has 1 N–H and O–H groups in total. The van der Waals surface area contributed by atoms with Gasteiger partial charge in [0.25, 0.3) is 5.56 Å². The van der Waals surface area contributed by atoms with Gasteiger partial charge < -0.3 is 4.90 Å². The molecule has 116 valence electrons. The van der Waals surface area contributed by atoms with Gasteiger partial charge in [0.2, 0.25) is 5.91 Å². The number of hydrogen-bond donors (Lipinski definition) is 1. The summed E-state index contributed by atoms with van der Waals surface area (Å²) in [6, 6.07) is 1.25. The fourth-order valence-electron chi connectivity index (χ4n) is 2.51. The number of carbonyl (C=O) groups is 1. The minimum absolute atomic E-state index is 0.0280. The van der Waals surface area contributed by atoms with E-state index in [1.807, 2.05) is 0 Å². The van der Waals surface area contributed by atoms with Crippen LogP contribution in [-0.4, -0.2) is 58.0 Å². The lowest BCUT2D eigenvalue weighted by Crippen LogP contribution is -2.50. The molecule has 0 atom stereocenters. The molecule has 0 unspecified atom stereocenters. The van der Waals surface area contributed by atoms with E-state index < -0.39 is 11.2 Å². The molecule has 0 spiro atoms. The van der Waals surface area contributed by atoms with Crippen molar-refractivity contribution in [1.29, 1.82) is 0 Å². The van der Waals surface area contributed by atoms with Crippen molar-refractivity contribution in [3.05, 3.63) is 33.1 Å². The third kappa shape index (κ3) is 4.29. The van der Waals surface area contributed by atoms with Crippen LogP contribution in [0.3, 0.4) is 0 Å². The number of amides is 1. The lowest BCUT2D eigenvalue weighted by atomic mass is 10.2. The van der Waals surface area contributed by atoms with E-state index in [0.717, 1.165) is 19.6 Å². The van der Waals surface area contributed by atoms with E-state index in [1.54, 1.807) is 4.90 Å². The lowest BCUT2D eigenvalue weighted by Gasteiger charge is -2.35. The number of nitrogens with one attached hydrogen (secondary N) is 1. The van der Waals surface area contributed by atoms with Gasteiger partial charge in [-0.15, -0.1) is 0 Å². The Balaban J connectivity index is 1.90. The normalized spacial score (nSPS) is 16.4. The number of hydrogen-bond acceptors (Lipinski definition) is 4. The van der Waals surface area contributed by atoms with E-state index in [1.165, 1.54) is 16.8 Å². The molecule has 1 fully saturated rings. The fourth-order valence-corrected chi connectivity index (χ4v) is 2.51. The van der Waals surface area contributed by atoms with Crippen LogP contribution in [0.2, 0.25) is 0 Å². The van der Waals surface area contributed by atoms with Crippen molar-refractivity contribution in [3.8, 4) is 0 Å². The summed E-state index contributed by atoms with van der Waals surface area (Å²) in [6.07, 6.45) is 1.36. The van der Waals surface area contributed by atoms with Gasteiger partial charge in [-0.1, -0.05) is 13.8 Å². The molecule has 1 saturated heterocycles. The molecule has 2 rings (SSSR count). The largest absolute Gasteiger partial charge is 0.339 e. The summed E-state index contributed by atoms with van der Waals surface area (Å²) < 4.78 is 1.23. The van der Waals surface area contributed by atoms with E-state index in [-0.39, 0.29) is 12.5 Å². The van der Waals surface area contributed by atoms with Crippen LogP contribution >= 0.6 is 0 Å². The highest BCUT2D eigenvalue weighted by atomic mass is 16.2. The minimum atomic E-state index is -0.547. The maximum atomic E-state index is 12.2. The van der Waals surface area contributed by atoms with Crippen molar-refractivity contribution < 1.29 is 4.79 Å². The molecule has 1 aromatic rings. The van der Waals surface area contributed by atoms with Gasteiger partial charge in [0.15, 0.2) is 0 Å². The number of carbonyl (C=O) groups excluding carboxylic acids is 1. The first-order valence-corrected chi connectivity index (χ1v) is 7.25. The Kier molecular flexibility index (Phi) is 4.95. The highest BCUT2D eigenvalue weighted by Crippen LogP contribution is 2.05. The van der Waals surface area contributed by atoms with Crippen molar-refractivity contribution in [2.24, 2.45) is 5.92 Å². The summed E-state index contributed by atoms with van der Waals surface area (Å²) in [4.78, 5) is 41.0. The highest BCUT2D eigenvalue weighted by molar-refractivity contribution is 5.76. The Morgan fingerprint density at radius 2 is 1.90 bits per heavy atom. The zero-order valence-corrected chi connectivity index (χ0v) is 12.5. The predicted molar refractivity (Wildman–Crippen MR) is 79.2 cm³/mol. The highest BCUT2D eigenvalue weighted by Gasteiger charge is 2.21. The standard InChI is InChI=1S/C14H22N4O3/c1-11(2)9-16-5-7-17(8-6-16)13(20)10-18-4-3-12(19)15-14(18)21/h3-4,11H,5-10H2,1-2H3,(H,15,19,21). The van der Waals surface area contributed by atoms with Crippen LogP contribution in [0.5, 0.6) is 0 Å². The molecule has 0 bridgehead atoms. The average molecular weight is 294 g/mol. The van der Waals surface area contributed by atoms with Crippen molar-refractivity contribution in [1.82, 2.24) is 19.4 Å². The molecular formula is C14H22N4O3. The van der Waals surface area contributed by atoms with Gasteiger partial charge in [-0.3, -0.25) is 24.0 Å². The van der Waals surface area contributed by atoms with Gasteiger partial charge in [-0.25, -0.2) is 4.79 Å². The van der Waals surface area contributed by atoms with Crippen molar-refractivity contribution in [2.45, 2.75) is 20.4 Å². The van der Waals surface area contributed by atoms with Gasteiger partial charge in [-0.05, 0) is 5.92 Å². The Morgan fingerprint density at radius 1 is 1.24 bits per heavy atom. The summed E-state index contributed by atoms with van der Waals surface area (Å²) in [7, 11) is 0. The van der Waals surface area contributed by atoms with Gasteiger partial charge in [0.05, 0.1) is 0 Å². The molecule has 0 saturated carbocycles. The van der Waals surface area contributed by atoms with E-state index >= 15 is 0 Å². The molecule has 7 heteroatoms. The summed E-state index contributed by atoms with van der Waals surface area (Å²) in [5.74, 6) is 0.528. The quantitative estimate of drug-likeness (QED) is 0.799. The van der Waals surface area contributed by atoms with Crippen LogP contribution in [0.15, 0.2) is 21.9 Å². The van der Waals surface area contributed by atoms with Crippen molar-refractivity contribution >= 4 is 5.91 Å². The molecular weight excluding hydrogens is 272 g/mol. The van der Waals surface area contributed by atoms with Crippen LogP contribution in [0.4, 0.5) is 0 Å². The summed E-state index contributed by atoms with van der Waals surface area (Å²) in [6.45, 7) is 8.48. The summed E-state index contributed by atoms with van der Waals surface area (Å²) >= 11 is 0. The Hall–Kier alpha value is -1.89. The molecule has 1 aliphatic rings. The van der Waals surface area contributed by atoms with E-state index in [4.69, 9.17) is 0 Å². The first-order valence-electron chi connectivity index (χ1n) is 7.25. The average Bonchev–Trinajstić information content (AvgIpc) is 2.42. The van der Waals surface area contributed by atoms with Gasteiger partial charge >= 0.3 is 5.69 Å².